The van der Waals surface area contributed by atoms with Crippen LogP contribution in [0.4, 0.5) is 4.39 Å². The summed E-state index contributed by atoms with van der Waals surface area (Å²) in [5.74, 6) is -0.485. The summed E-state index contributed by atoms with van der Waals surface area (Å²) in [5, 5.41) is 13.1. The van der Waals surface area contributed by atoms with Crippen molar-refractivity contribution in [3.8, 4) is 11.8 Å². The van der Waals surface area contributed by atoms with Crippen LogP contribution in [0.2, 0.25) is 0 Å². The van der Waals surface area contributed by atoms with Gasteiger partial charge in [-0.05, 0) is 55.7 Å². The number of nitriles is 1. The molecule has 1 aromatic carbocycles. The summed E-state index contributed by atoms with van der Waals surface area (Å²) >= 11 is 2.58. The Balaban J connectivity index is 1.77. The molecule has 0 aliphatic heterocycles. The average Bonchev–Trinajstić information content (AvgIpc) is 3.15. The van der Waals surface area contributed by atoms with E-state index in [9.17, 15) is 19.2 Å². The maximum Gasteiger partial charge on any atom is 0.267 e. The minimum atomic E-state index is -1.01. The first-order valence-corrected chi connectivity index (χ1v) is 13.1. The number of nitrogens with zero attached hydrogens (tertiary/aromatic N) is 3. The fourth-order valence-corrected chi connectivity index (χ4v) is 6.30. The van der Waals surface area contributed by atoms with Crippen LogP contribution in [0.1, 0.15) is 44.6 Å². The number of para-hydroxylation sites is 1. The van der Waals surface area contributed by atoms with E-state index in [-0.39, 0.29) is 34.0 Å². The molecule has 3 aromatic rings. The summed E-state index contributed by atoms with van der Waals surface area (Å²) in [7, 11) is 0. The van der Waals surface area contributed by atoms with Gasteiger partial charge in [-0.25, -0.2) is 9.37 Å². The van der Waals surface area contributed by atoms with E-state index in [1.54, 1.807) is 25.1 Å². The molecule has 2 heterocycles. The highest BCUT2D eigenvalue weighted by molar-refractivity contribution is 7.99. The van der Waals surface area contributed by atoms with Crippen LogP contribution < -0.4 is 10.9 Å². The van der Waals surface area contributed by atoms with Gasteiger partial charge in [-0.1, -0.05) is 44.7 Å². The maximum absolute atomic E-state index is 14.8. The summed E-state index contributed by atoms with van der Waals surface area (Å²) < 4.78 is 16.1. The molecule has 34 heavy (non-hydrogen) atoms. The number of rotatable bonds is 6. The van der Waals surface area contributed by atoms with Crippen molar-refractivity contribution in [1.82, 2.24) is 14.9 Å². The number of aryl methyl sites for hydroxylation is 1. The van der Waals surface area contributed by atoms with Crippen molar-refractivity contribution in [3.05, 3.63) is 50.9 Å². The topological polar surface area (TPSA) is 87.8 Å². The normalized spacial score (nSPS) is 17.3. The van der Waals surface area contributed by atoms with Crippen molar-refractivity contribution in [3.63, 3.8) is 0 Å². The van der Waals surface area contributed by atoms with E-state index in [0.29, 0.717) is 16.1 Å². The number of benzene rings is 1. The van der Waals surface area contributed by atoms with E-state index in [4.69, 9.17) is 4.98 Å². The summed E-state index contributed by atoms with van der Waals surface area (Å²) in [5.41, 5.74) is -0.187. The molecule has 0 saturated heterocycles. The summed E-state index contributed by atoms with van der Waals surface area (Å²) in [6.45, 7) is 7.60. The molecule has 0 bridgehead atoms. The molecule has 6 nitrogen and oxygen atoms in total. The number of fused-ring (bicyclic) bond motifs is 3. The van der Waals surface area contributed by atoms with Gasteiger partial charge in [0, 0.05) is 4.88 Å². The van der Waals surface area contributed by atoms with Crippen LogP contribution >= 0.6 is 23.1 Å². The molecule has 1 aliphatic carbocycles. The molecule has 0 spiro atoms. The number of carbonyl (C=O) groups excluding carboxylic acids is 1. The van der Waals surface area contributed by atoms with Gasteiger partial charge in [0.2, 0.25) is 5.91 Å². The number of aromatic nitrogens is 2. The number of hydrogen-bond acceptors (Lipinski definition) is 6. The van der Waals surface area contributed by atoms with Crippen molar-refractivity contribution >= 4 is 39.2 Å². The van der Waals surface area contributed by atoms with E-state index < -0.39 is 11.4 Å². The Morgan fingerprint density at radius 3 is 2.85 bits per heavy atom. The smallest absolute Gasteiger partial charge is 0.267 e. The highest BCUT2D eigenvalue weighted by Crippen LogP contribution is 2.37. The zero-order chi connectivity index (χ0) is 24.6. The molecule has 1 aliphatic rings. The number of carbonyl (C=O) groups is 1. The van der Waals surface area contributed by atoms with Gasteiger partial charge in [0.05, 0.1) is 22.9 Å². The Kier molecular flexibility index (Phi) is 6.83. The molecule has 4 rings (SSSR count). The molecule has 1 amide bonds. The zero-order valence-electron chi connectivity index (χ0n) is 19.6. The molecule has 0 fully saturated rings. The van der Waals surface area contributed by atoms with Crippen LogP contribution in [0, 0.1) is 29.0 Å². The van der Waals surface area contributed by atoms with Gasteiger partial charge in [-0.15, -0.1) is 11.3 Å². The molecule has 2 unspecified atom stereocenters. The molecule has 0 saturated carbocycles. The number of amides is 1. The third-order valence-electron chi connectivity index (χ3n) is 6.51. The minimum absolute atomic E-state index is 0.0570. The van der Waals surface area contributed by atoms with E-state index in [1.807, 2.05) is 13.8 Å². The first-order valence-electron chi connectivity index (χ1n) is 11.3. The van der Waals surface area contributed by atoms with Crippen molar-refractivity contribution in [1.29, 1.82) is 5.26 Å². The van der Waals surface area contributed by atoms with Gasteiger partial charge in [0.15, 0.2) is 5.16 Å². The van der Waals surface area contributed by atoms with Gasteiger partial charge >= 0.3 is 0 Å². The van der Waals surface area contributed by atoms with E-state index in [1.165, 1.54) is 26.8 Å². The quantitative estimate of drug-likeness (QED) is 0.387. The maximum atomic E-state index is 14.8. The fraction of sp³-hybridized carbons (Fsp3) is 0.440. The van der Waals surface area contributed by atoms with Crippen LogP contribution in [-0.2, 0) is 17.6 Å². The lowest BCUT2D eigenvalue weighted by Gasteiger charge is -2.27. The van der Waals surface area contributed by atoms with Gasteiger partial charge in [0.1, 0.15) is 16.2 Å². The highest BCUT2D eigenvalue weighted by Gasteiger charge is 2.30. The van der Waals surface area contributed by atoms with E-state index in [0.717, 1.165) is 36.6 Å². The molecule has 0 radical (unpaired) electrons. The largest absolute Gasteiger partial charge is 0.337 e. The molecule has 1 N–H and O–H groups in total. The number of hydrogen-bond donors (Lipinski definition) is 1. The first kappa shape index (κ1) is 24.4. The zero-order valence-corrected chi connectivity index (χ0v) is 21.3. The fourth-order valence-electron chi connectivity index (χ4n) is 4.07. The van der Waals surface area contributed by atoms with Crippen LogP contribution in [0.25, 0.3) is 15.9 Å². The molecular weight excluding hydrogens is 471 g/mol. The third-order valence-corrected chi connectivity index (χ3v) is 8.60. The number of thioether (sulfide) groups is 1. The number of thiophene rings is 1. The lowest BCUT2D eigenvalue weighted by molar-refractivity contribution is -0.120. The Morgan fingerprint density at radius 1 is 1.44 bits per heavy atom. The summed E-state index contributed by atoms with van der Waals surface area (Å²) in [4.78, 5) is 33.0. The lowest BCUT2D eigenvalue weighted by atomic mass is 9.89. The SMILES string of the molecule is CC1CCc2c(sc3nc(SCC(=O)NC(C)(C#N)C(C)C)n(-c4ccccc4F)c(=O)c23)C1. The lowest BCUT2D eigenvalue weighted by Crippen LogP contribution is -2.49. The molecule has 2 atom stereocenters. The highest BCUT2D eigenvalue weighted by atomic mass is 32.2. The van der Waals surface area contributed by atoms with Crippen molar-refractivity contribution in [2.24, 2.45) is 11.8 Å². The van der Waals surface area contributed by atoms with Gasteiger partial charge < -0.3 is 5.32 Å². The molecule has 178 valence electrons. The Bertz CT molecular complexity index is 1360. The van der Waals surface area contributed by atoms with Gasteiger partial charge in [-0.3, -0.25) is 14.2 Å². The second kappa shape index (κ2) is 9.51. The van der Waals surface area contributed by atoms with Gasteiger partial charge in [-0.2, -0.15) is 5.26 Å². The standard InChI is InChI=1S/C25H27FN4O2S2/c1-14(2)25(4,13-27)29-20(31)12-33-24-28-22-21(16-10-9-15(3)11-19(16)34-22)23(32)30(24)18-8-6-5-7-17(18)26/h5-8,14-15H,9-12H2,1-4H3,(H,29,31). The monoisotopic (exact) mass is 498 g/mol. The molecule has 2 aromatic heterocycles. The number of nitrogens with one attached hydrogen (secondary N) is 1. The second-order valence-corrected chi connectivity index (χ2v) is 11.4. The van der Waals surface area contributed by atoms with Crippen molar-refractivity contribution in [2.45, 2.75) is 57.7 Å². The Labute approximate surface area is 206 Å². The predicted molar refractivity (Wildman–Crippen MR) is 134 cm³/mol. The number of halogens is 1. The second-order valence-electron chi connectivity index (χ2n) is 9.32. The van der Waals surface area contributed by atoms with Crippen molar-refractivity contribution < 1.29 is 9.18 Å². The third kappa shape index (κ3) is 4.49. The molecular formula is C25H27FN4O2S2. The van der Waals surface area contributed by atoms with E-state index in [2.05, 4.69) is 18.3 Å². The molecule has 9 heteroatoms. The predicted octanol–water partition coefficient (Wildman–Crippen LogP) is 4.86. The summed E-state index contributed by atoms with van der Waals surface area (Å²) in [6, 6.07) is 8.24. The van der Waals surface area contributed by atoms with Crippen LogP contribution in [0.3, 0.4) is 0 Å². The van der Waals surface area contributed by atoms with Gasteiger partial charge in [0.25, 0.3) is 5.56 Å². The summed E-state index contributed by atoms with van der Waals surface area (Å²) in [6.07, 6.45) is 2.71. The Hall–Kier alpha value is -2.70. The van der Waals surface area contributed by atoms with Crippen LogP contribution in [-0.4, -0.2) is 26.8 Å². The van der Waals surface area contributed by atoms with Crippen LogP contribution in [0.15, 0.2) is 34.2 Å². The van der Waals surface area contributed by atoms with Crippen LogP contribution in [0.5, 0.6) is 0 Å². The average molecular weight is 499 g/mol. The Morgan fingerprint density at radius 2 is 2.18 bits per heavy atom. The first-order chi connectivity index (χ1) is 16.1. The minimum Gasteiger partial charge on any atom is -0.337 e. The van der Waals surface area contributed by atoms with Crippen molar-refractivity contribution in [2.75, 3.05) is 5.75 Å². The van der Waals surface area contributed by atoms with E-state index >= 15 is 0 Å².